The summed E-state index contributed by atoms with van der Waals surface area (Å²) in [6.45, 7) is 5.75. The number of anilines is 3. The molecule has 17 heteroatoms. The molecule has 2 rings (SSSR count). The zero-order chi connectivity index (χ0) is 28.8. The second-order valence-electron chi connectivity index (χ2n) is 9.37. The second-order valence-corrected chi connectivity index (χ2v) is 9.37. The summed E-state index contributed by atoms with van der Waals surface area (Å²) in [4.78, 5) is 58.7. The standard InChI is InChI=1S/C23H36N7O9.Fm/c1-23(2,3)39-22(35)28-20-19-21(25-13-24-20)30(14-26-19)10-17(32)29(11-18(33)34)9-16(27-15-31)12-38-8-7-37-6-5-36-4;/h13,16,26H,5-12,14H2,1-4H3,(H,27,31)(H,33,34)(H,24,25,28,35);/q-1;. The molecular formula is C23H36FmN7O9-. The first-order chi connectivity index (χ1) is 18.5. The number of methoxy groups -OCH3 is 1. The maximum absolute atomic E-state index is 13.1. The quantitative estimate of drug-likeness (QED) is 0.0906. The van der Waals surface area contributed by atoms with Gasteiger partial charge in [-0.2, -0.15) is 6.41 Å². The van der Waals surface area contributed by atoms with Crippen molar-refractivity contribution in [3.8, 4) is 0 Å². The van der Waals surface area contributed by atoms with Gasteiger partial charge in [0.25, 0.3) is 0 Å². The van der Waals surface area contributed by atoms with E-state index >= 15 is 0 Å². The molecule has 1 aliphatic rings. The summed E-state index contributed by atoms with van der Waals surface area (Å²) in [6.07, 6.45) is 2.08. The van der Waals surface area contributed by atoms with Crippen LogP contribution in [0.4, 0.5) is 22.1 Å². The van der Waals surface area contributed by atoms with Crippen LogP contribution in [0.3, 0.4) is 0 Å². The van der Waals surface area contributed by atoms with Gasteiger partial charge in [0, 0.05) is 19.7 Å². The second kappa shape index (κ2) is 16.3. The SMILES string of the molecule is COCCOCCOCC(CN(CC(=O)O)C(=O)CN1CNc2c(NC(=O)OC(C)(C)C)ncnc21)N[C-]=O.[Fm]. The van der Waals surface area contributed by atoms with Crippen molar-refractivity contribution in [2.24, 2.45) is 0 Å². The molecule has 0 saturated heterocycles. The first-order valence-electron chi connectivity index (χ1n) is 12.1. The monoisotopic (exact) mass is 811 g/mol. The molecule has 3 amide bonds. The zero-order valence-electron chi connectivity index (χ0n) is 22.8. The Kier molecular flexibility index (Phi) is 13.5. The van der Waals surface area contributed by atoms with E-state index in [1.54, 1.807) is 39.2 Å². The smallest absolute Gasteiger partial charge is 0.413 e. The maximum atomic E-state index is 13.1. The summed E-state index contributed by atoms with van der Waals surface area (Å²) in [5.74, 6) is -1.25. The van der Waals surface area contributed by atoms with Gasteiger partial charge in [-0.25, -0.2) is 14.8 Å². The number of fused-ring (bicyclic) bond motifs is 1. The molecule has 2 heterocycles. The van der Waals surface area contributed by atoms with Crippen molar-refractivity contribution in [3.63, 3.8) is 0 Å². The molecule has 0 aliphatic carbocycles. The third kappa shape index (κ3) is 11.3. The minimum atomic E-state index is -1.23. The Balaban J connectivity index is 0.00000800. The van der Waals surface area contributed by atoms with Crippen molar-refractivity contribution in [2.45, 2.75) is 32.4 Å². The molecule has 4 N–H and O–H groups in total. The third-order valence-electron chi connectivity index (χ3n) is 5.02. The zero-order valence-corrected chi connectivity index (χ0v) is 25.2. The molecule has 0 fully saturated rings. The number of nitrogens with zero attached hydrogens (tertiary/aromatic N) is 4. The molecule has 16 nitrogen and oxygen atoms in total. The predicted octanol–water partition coefficient (Wildman–Crippen LogP) is -0.369. The number of aromatic nitrogens is 2. The fraction of sp³-hybridized carbons (Fsp3) is 0.652. The van der Waals surface area contributed by atoms with E-state index in [1.807, 2.05) is 0 Å². The number of aliphatic carboxylic acids is 1. The molecule has 40 heavy (non-hydrogen) atoms. The van der Waals surface area contributed by atoms with Crippen molar-refractivity contribution < 1.29 is 43.2 Å². The van der Waals surface area contributed by atoms with Crippen molar-refractivity contribution in [1.82, 2.24) is 20.2 Å². The number of carbonyl (C=O) groups is 3. The van der Waals surface area contributed by atoms with Crippen molar-refractivity contribution in [2.75, 3.05) is 82.0 Å². The van der Waals surface area contributed by atoms with Crippen LogP contribution in [0, 0.1) is 0 Å². The number of carboxylic acid groups (broad SMARTS) is 1. The molecule has 1 aliphatic heterocycles. The van der Waals surface area contributed by atoms with Crippen molar-refractivity contribution in [1.29, 1.82) is 0 Å². The van der Waals surface area contributed by atoms with Crippen LogP contribution in [-0.2, 0) is 33.3 Å². The number of hydrogen-bond acceptors (Lipinski definition) is 12. The summed E-state index contributed by atoms with van der Waals surface area (Å²) in [5, 5.41) is 17.4. The number of rotatable bonds is 17. The van der Waals surface area contributed by atoms with E-state index in [2.05, 4.69) is 25.9 Å². The molecule has 0 spiro atoms. The largest absolute Gasteiger partial charge is 0.524 e. The molecule has 1 atom stereocenters. The van der Waals surface area contributed by atoms with Gasteiger partial charge >= 0.3 is 12.1 Å². The van der Waals surface area contributed by atoms with Crippen LogP contribution in [0.25, 0.3) is 0 Å². The first-order valence-corrected chi connectivity index (χ1v) is 12.1. The summed E-state index contributed by atoms with van der Waals surface area (Å²) in [6, 6.07) is -0.708. The topological polar surface area (TPSA) is 194 Å². The van der Waals surface area contributed by atoms with E-state index in [-0.39, 0.29) is 38.8 Å². The third-order valence-corrected chi connectivity index (χ3v) is 5.02. The van der Waals surface area contributed by atoms with E-state index in [9.17, 15) is 24.3 Å². The number of carboxylic acids is 1. The minimum Gasteiger partial charge on any atom is -0.524 e. The number of amides is 3. The van der Waals surface area contributed by atoms with Crippen LogP contribution in [0.5, 0.6) is 0 Å². The van der Waals surface area contributed by atoms with E-state index in [0.717, 1.165) is 4.90 Å². The van der Waals surface area contributed by atoms with Crippen LogP contribution in [-0.4, -0.2) is 122 Å². The molecule has 0 aromatic carbocycles. The van der Waals surface area contributed by atoms with Crippen molar-refractivity contribution in [3.05, 3.63) is 6.33 Å². The van der Waals surface area contributed by atoms with Crippen LogP contribution >= 0.6 is 0 Å². The Morgan fingerprint density at radius 2 is 1.90 bits per heavy atom. The van der Waals surface area contributed by atoms with Gasteiger partial charge in [0.2, 0.25) is 5.91 Å². The van der Waals surface area contributed by atoms with Gasteiger partial charge in [0.15, 0.2) is 11.6 Å². The van der Waals surface area contributed by atoms with Gasteiger partial charge in [0.05, 0.1) is 39.7 Å². The Hall–Kier alpha value is -4.76. The Morgan fingerprint density at radius 3 is 2.55 bits per heavy atom. The van der Waals surface area contributed by atoms with Crippen LogP contribution in [0.1, 0.15) is 20.8 Å². The van der Waals surface area contributed by atoms with E-state index in [0.29, 0.717) is 31.3 Å². The minimum absolute atomic E-state index is 0. The summed E-state index contributed by atoms with van der Waals surface area (Å²) >= 11 is 0. The first kappa shape index (κ1) is 33.3. The van der Waals surface area contributed by atoms with Gasteiger partial charge in [-0.1, -0.05) is 0 Å². The van der Waals surface area contributed by atoms with E-state index in [1.165, 1.54) is 6.33 Å². The Labute approximate surface area is 226 Å². The van der Waals surface area contributed by atoms with Crippen LogP contribution in [0.15, 0.2) is 6.33 Å². The summed E-state index contributed by atoms with van der Waals surface area (Å²) in [5.41, 5.74) is -0.325. The molecule has 230 valence electrons. The number of hydrogen-bond donors (Lipinski definition) is 4. The average Bonchev–Trinajstić information content (AvgIpc) is 3.25. The van der Waals surface area contributed by atoms with Gasteiger partial charge < -0.3 is 49.3 Å². The average molecular weight is 812 g/mol. The Bertz CT molecular complexity index is 981. The number of carbonyl (C=O) groups excluding carboxylic acids is 3. The fourth-order valence-corrected chi connectivity index (χ4v) is 3.41. The van der Waals surface area contributed by atoms with Gasteiger partial charge in [-0.05, 0) is 20.8 Å². The van der Waals surface area contributed by atoms with Gasteiger partial charge in [-0.3, -0.25) is 14.9 Å². The molecular weight excluding hydrogens is 775 g/mol. The number of ether oxygens (including phenoxy) is 4. The predicted molar refractivity (Wildman–Crippen MR) is 138 cm³/mol. The van der Waals surface area contributed by atoms with Crippen LogP contribution < -0.4 is 20.9 Å². The molecule has 1 aromatic heterocycles. The molecule has 0 bridgehead atoms. The molecule has 0 radical (unpaired) electrons. The molecule has 0 saturated carbocycles. The van der Waals surface area contributed by atoms with Crippen LogP contribution in [0.2, 0.25) is 0 Å². The summed E-state index contributed by atoms with van der Waals surface area (Å²) < 4.78 is 20.9. The van der Waals surface area contributed by atoms with Crippen molar-refractivity contribution >= 4 is 41.7 Å². The molecule has 1 aromatic rings. The number of nitrogens with one attached hydrogen (secondary N) is 3. The fourth-order valence-electron chi connectivity index (χ4n) is 3.41. The van der Waals surface area contributed by atoms with E-state index in [4.69, 9.17) is 18.9 Å². The summed E-state index contributed by atoms with van der Waals surface area (Å²) in [7, 11) is 1.56. The Morgan fingerprint density at radius 1 is 1.20 bits per heavy atom. The normalized spacial score (nSPS) is 12.8. The van der Waals surface area contributed by atoms with Gasteiger partial charge in [-0.15, -0.1) is 0 Å². The van der Waals surface area contributed by atoms with Gasteiger partial charge in [0.1, 0.15) is 30.7 Å². The molecule has 1 unspecified atom stereocenters. The van der Waals surface area contributed by atoms with E-state index < -0.39 is 36.2 Å². The maximum Gasteiger partial charge on any atom is 0.413 e.